The van der Waals surface area contributed by atoms with Gasteiger partial charge in [-0.1, -0.05) is 22.0 Å². The Kier molecular flexibility index (Phi) is 4.75. The lowest BCUT2D eigenvalue weighted by Gasteiger charge is -2.30. The van der Waals surface area contributed by atoms with E-state index in [1.165, 1.54) is 4.31 Å². The lowest BCUT2D eigenvalue weighted by Crippen LogP contribution is -2.41. The molecule has 0 atom stereocenters. The molecule has 0 aromatic heterocycles. The number of nitrogens with zero attached hydrogens (tertiary/aromatic N) is 1. The van der Waals surface area contributed by atoms with Crippen LogP contribution in [0.15, 0.2) is 21.5 Å². The third-order valence-electron chi connectivity index (χ3n) is 3.93. The van der Waals surface area contributed by atoms with Crippen molar-refractivity contribution in [3.63, 3.8) is 0 Å². The van der Waals surface area contributed by atoms with E-state index in [4.69, 9.17) is 5.73 Å². The number of halogens is 1. The summed E-state index contributed by atoms with van der Waals surface area (Å²) < 4.78 is 27.7. The maximum Gasteiger partial charge on any atom is 0.243 e. The van der Waals surface area contributed by atoms with Gasteiger partial charge in [-0.3, -0.25) is 4.79 Å². The van der Waals surface area contributed by atoms with Gasteiger partial charge >= 0.3 is 0 Å². The molecule has 5 nitrogen and oxygen atoms in total. The average molecular weight is 375 g/mol. The topological polar surface area (TPSA) is 80.5 Å². The summed E-state index contributed by atoms with van der Waals surface area (Å²) in [6, 6.07) is 3.51. The van der Waals surface area contributed by atoms with Crippen LogP contribution in [0.1, 0.15) is 24.0 Å². The van der Waals surface area contributed by atoms with Gasteiger partial charge in [-0.2, -0.15) is 4.31 Å². The van der Waals surface area contributed by atoms with Crippen molar-refractivity contribution >= 4 is 31.9 Å². The number of primary amides is 1. The number of sulfonamides is 1. The van der Waals surface area contributed by atoms with Crippen molar-refractivity contribution in [3.05, 3.63) is 27.7 Å². The van der Waals surface area contributed by atoms with E-state index in [0.29, 0.717) is 30.8 Å². The zero-order chi connectivity index (χ0) is 15.8. The zero-order valence-corrected chi connectivity index (χ0v) is 14.5. The lowest BCUT2D eigenvalue weighted by atomic mass is 9.98. The largest absolute Gasteiger partial charge is 0.369 e. The van der Waals surface area contributed by atoms with Gasteiger partial charge in [-0.25, -0.2) is 8.42 Å². The average Bonchev–Trinajstić information content (AvgIpc) is 2.42. The minimum atomic E-state index is -3.53. The van der Waals surface area contributed by atoms with Crippen LogP contribution in [-0.4, -0.2) is 31.7 Å². The van der Waals surface area contributed by atoms with Gasteiger partial charge in [0, 0.05) is 23.5 Å². The van der Waals surface area contributed by atoms with Gasteiger partial charge in [-0.15, -0.1) is 0 Å². The number of hydrogen-bond acceptors (Lipinski definition) is 3. The Morgan fingerprint density at radius 3 is 2.33 bits per heavy atom. The Labute approximate surface area is 133 Å². The smallest absolute Gasteiger partial charge is 0.243 e. The number of carbonyl (C=O) groups is 1. The Hall–Kier alpha value is -0.920. The summed E-state index contributed by atoms with van der Waals surface area (Å²) in [5.74, 6) is -0.566. The van der Waals surface area contributed by atoms with Crippen molar-refractivity contribution in [1.82, 2.24) is 4.31 Å². The molecule has 0 unspecified atom stereocenters. The summed E-state index contributed by atoms with van der Waals surface area (Å²) in [6.07, 6.45) is 0.973. The van der Waals surface area contributed by atoms with Crippen molar-refractivity contribution in [3.8, 4) is 0 Å². The van der Waals surface area contributed by atoms with Gasteiger partial charge in [0.2, 0.25) is 15.9 Å². The SMILES string of the molecule is Cc1cc(C)c(S(=O)(=O)N2CCC(C(N)=O)CC2)cc1Br. The molecule has 2 N–H and O–H groups in total. The minimum absolute atomic E-state index is 0.220. The molecule has 0 bridgehead atoms. The van der Waals surface area contributed by atoms with Crippen molar-refractivity contribution in [2.75, 3.05) is 13.1 Å². The number of nitrogens with two attached hydrogens (primary N) is 1. The predicted molar refractivity (Wildman–Crippen MR) is 84.3 cm³/mol. The van der Waals surface area contributed by atoms with Crippen LogP contribution < -0.4 is 5.73 Å². The highest BCUT2D eigenvalue weighted by Gasteiger charge is 2.32. The summed E-state index contributed by atoms with van der Waals surface area (Å²) in [7, 11) is -3.53. The van der Waals surface area contributed by atoms with Crippen LogP contribution >= 0.6 is 15.9 Å². The molecule has 0 saturated carbocycles. The first-order valence-electron chi connectivity index (χ1n) is 6.79. The first-order valence-corrected chi connectivity index (χ1v) is 9.03. The maximum atomic E-state index is 12.7. The molecule has 1 aromatic rings. The number of benzene rings is 1. The predicted octanol–water partition coefficient (Wildman–Crippen LogP) is 1.95. The van der Waals surface area contributed by atoms with Crippen LogP contribution in [0.4, 0.5) is 0 Å². The highest BCUT2D eigenvalue weighted by molar-refractivity contribution is 9.10. The number of aryl methyl sites for hydroxylation is 2. The van der Waals surface area contributed by atoms with Gasteiger partial charge < -0.3 is 5.73 Å². The molecule has 116 valence electrons. The van der Waals surface area contributed by atoms with Gasteiger partial charge in [0.15, 0.2) is 0 Å². The fourth-order valence-electron chi connectivity index (χ4n) is 2.61. The summed E-state index contributed by atoms with van der Waals surface area (Å²) in [5.41, 5.74) is 7.01. The van der Waals surface area contributed by atoms with Crippen molar-refractivity contribution in [2.45, 2.75) is 31.6 Å². The zero-order valence-electron chi connectivity index (χ0n) is 12.1. The van der Waals surface area contributed by atoms with Gasteiger partial charge in [0.1, 0.15) is 0 Å². The van der Waals surface area contributed by atoms with E-state index in [9.17, 15) is 13.2 Å². The quantitative estimate of drug-likeness (QED) is 0.877. The normalized spacial score (nSPS) is 17.9. The second-order valence-electron chi connectivity index (χ2n) is 5.45. The van der Waals surface area contributed by atoms with E-state index in [1.54, 1.807) is 13.0 Å². The molecule has 0 aliphatic carbocycles. The molecule has 1 aliphatic heterocycles. The summed E-state index contributed by atoms with van der Waals surface area (Å²) in [4.78, 5) is 11.5. The van der Waals surface area contributed by atoms with E-state index in [0.717, 1.165) is 15.6 Å². The van der Waals surface area contributed by atoms with Crippen LogP contribution in [0.25, 0.3) is 0 Å². The fraction of sp³-hybridized carbons (Fsp3) is 0.500. The molecule has 2 rings (SSSR count). The van der Waals surface area contributed by atoms with Gasteiger partial charge in [0.25, 0.3) is 0 Å². The summed E-state index contributed by atoms with van der Waals surface area (Å²) in [6.45, 7) is 4.38. The van der Waals surface area contributed by atoms with Gasteiger partial charge in [0.05, 0.1) is 4.90 Å². The number of rotatable bonds is 3. The monoisotopic (exact) mass is 374 g/mol. The highest BCUT2D eigenvalue weighted by atomic mass is 79.9. The lowest BCUT2D eigenvalue weighted by molar-refractivity contribution is -0.122. The third kappa shape index (κ3) is 3.30. The highest BCUT2D eigenvalue weighted by Crippen LogP contribution is 2.29. The van der Waals surface area contributed by atoms with E-state index in [-0.39, 0.29) is 11.8 Å². The summed E-state index contributed by atoms with van der Waals surface area (Å²) in [5, 5.41) is 0. The van der Waals surface area contributed by atoms with Gasteiger partial charge in [-0.05, 0) is 43.9 Å². The number of carbonyl (C=O) groups excluding carboxylic acids is 1. The number of amides is 1. The van der Waals surface area contributed by atoms with Crippen LogP contribution in [-0.2, 0) is 14.8 Å². The van der Waals surface area contributed by atoms with Crippen LogP contribution in [0.2, 0.25) is 0 Å². The molecule has 1 aromatic carbocycles. The Morgan fingerprint density at radius 1 is 1.24 bits per heavy atom. The molecule has 1 aliphatic rings. The number of piperidine rings is 1. The van der Waals surface area contributed by atoms with E-state index < -0.39 is 10.0 Å². The maximum absolute atomic E-state index is 12.7. The van der Waals surface area contributed by atoms with E-state index in [1.807, 2.05) is 13.0 Å². The Balaban J connectivity index is 2.28. The second kappa shape index (κ2) is 6.06. The molecule has 1 amide bonds. The first kappa shape index (κ1) is 16.5. The fourth-order valence-corrected chi connectivity index (χ4v) is 4.80. The number of hydrogen-bond donors (Lipinski definition) is 1. The molecule has 0 radical (unpaired) electrons. The van der Waals surface area contributed by atoms with Crippen LogP contribution in [0.3, 0.4) is 0 Å². The third-order valence-corrected chi connectivity index (χ3v) is 6.83. The first-order chi connectivity index (χ1) is 9.73. The van der Waals surface area contributed by atoms with Crippen molar-refractivity contribution < 1.29 is 13.2 Å². The molecular weight excluding hydrogens is 356 g/mol. The molecule has 21 heavy (non-hydrogen) atoms. The Morgan fingerprint density at radius 2 is 1.81 bits per heavy atom. The van der Waals surface area contributed by atoms with E-state index in [2.05, 4.69) is 15.9 Å². The molecule has 7 heteroatoms. The minimum Gasteiger partial charge on any atom is -0.369 e. The molecule has 0 spiro atoms. The molecule has 1 heterocycles. The molecule has 1 fully saturated rings. The molecular formula is C14H19BrN2O3S. The van der Waals surface area contributed by atoms with Crippen LogP contribution in [0, 0.1) is 19.8 Å². The molecule has 1 saturated heterocycles. The van der Waals surface area contributed by atoms with Crippen molar-refractivity contribution in [1.29, 1.82) is 0 Å². The summed E-state index contributed by atoms with van der Waals surface area (Å²) >= 11 is 3.38. The van der Waals surface area contributed by atoms with Crippen molar-refractivity contribution in [2.24, 2.45) is 11.7 Å². The Bertz CT molecular complexity index is 665. The second-order valence-corrected chi connectivity index (χ2v) is 8.21. The van der Waals surface area contributed by atoms with Crippen LogP contribution in [0.5, 0.6) is 0 Å². The van der Waals surface area contributed by atoms with E-state index >= 15 is 0 Å². The standard InChI is InChI=1S/C14H19BrN2O3S/c1-9-7-10(2)13(8-12(9)15)21(19,20)17-5-3-11(4-6-17)14(16)18/h7-8,11H,3-6H2,1-2H3,(H2,16,18).